The number of carbonyl (C=O) groups is 1. The van der Waals surface area contributed by atoms with Crippen molar-refractivity contribution in [3.8, 4) is 0 Å². The zero-order valence-corrected chi connectivity index (χ0v) is 10.7. The quantitative estimate of drug-likeness (QED) is 0.479. The van der Waals surface area contributed by atoms with Crippen LogP contribution < -0.4 is 0 Å². The second-order valence-corrected chi connectivity index (χ2v) is 5.26. The lowest BCUT2D eigenvalue weighted by Gasteiger charge is -2.20. The van der Waals surface area contributed by atoms with Crippen molar-refractivity contribution in [3.63, 3.8) is 0 Å². The van der Waals surface area contributed by atoms with Crippen LogP contribution in [0.25, 0.3) is 0 Å². The predicted molar refractivity (Wildman–Crippen MR) is 67.7 cm³/mol. The monoisotopic (exact) mass is 237 g/mol. The molecule has 0 N–H and O–H groups in total. The fourth-order valence-corrected chi connectivity index (χ4v) is 2.04. The van der Waals surface area contributed by atoms with Gasteiger partial charge < -0.3 is 4.74 Å². The molecule has 0 atom stereocenters. The Balaban J connectivity index is 1.69. The van der Waals surface area contributed by atoms with Gasteiger partial charge in [0, 0.05) is 25.7 Å². The molecule has 2 rings (SSSR count). The summed E-state index contributed by atoms with van der Waals surface area (Å²) < 4.78 is 4.87. The number of carbonyl (C=O) groups excluding carboxylic acids is 1. The highest BCUT2D eigenvalue weighted by Crippen LogP contribution is 2.33. The zero-order valence-electron chi connectivity index (χ0n) is 10.7. The lowest BCUT2D eigenvalue weighted by atomic mass is 10.3. The predicted octanol–water partition coefficient (Wildman–Crippen LogP) is 2.23. The molecule has 2 fully saturated rings. The van der Waals surface area contributed by atoms with Crippen LogP contribution in [-0.4, -0.2) is 37.1 Å². The number of ether oxygens (including phenoxy) is 1. The number of nitrogens with zero attached hydrogens (tertiary/aromatic N) is 1. The lowest BCUT2D eigenvalue weighted by Crippen LogP contribution is -2.28. The highest BCUT2D eigenvalue weighted by Gasteiger charge is 2.28. The minimum Gasteiger partial charge on any atom is -0.463 e. The largest absolute Gasteiger partial charge is 0.463 e. The van der Waals surface area contributed by atoms with Crippen LogP contribution in [-0.2, 0) is 9.53 Å². The van der Waals surface area contributed by atoms with Gasteiger partial charge in [-0.1, -0.05) is 6.08 Å². The highest BCUT2D eigenvalue weighted by atomic mass is 16.5. The van der Waals surface area contributed by atoms with Crippen molar-refractivity contribution < 1.29 is 9.53 Å². The van der Waals surface area contributed by atoms with Crippen molar-refractivity contribution in [1.29, 1.82) is 0 Å². The number of hydrogen-bond donors (Lipinski definition) is 0. The van der Waals surface area contributed by atoms with Gasteiger partial charge in [0.1, 0.15) is 0 Å². The van der Waals surface area contributed by atoms with E-state index < -0.39 is 0 Å². The van der Waals surface area contributed by atoms with Gasteiger partial charge in [0.15, 0.2) is 0 Å². The maximum absolute atomic E-state index is 11.2. The molecule has 0 unspecified atom stereocenters. The van der Waals surface area contributed by atoms with E-state index in [1.165, 1.54) is 38.8 Å². The minimum absolute atomic E-state index is 0.217. The zero-order chi connectivity index (χ0) is 12.1. The summed E-state index contributed by atoms with van der Waals surface area (Å²) in [4.78, 5) is 13.7. The van der Waals surface area contributed by atoms with E-state index in [0.29, 0.717) is 6.61 Å². The van der Waals surface area contributed by atoms with E-state index >= 15 is 0 Å². The third kappa shape index (κ3) is 5.35. The molecule has 0 heterocycles. The van der Waals surface area contributed by atoms with Crippen LogP contribution in [0.1, 0.15) is 32.6 Å². The summed E-state index contributed by atoms with van der Waals surface area (Å²) in [6.45, 7) is 5.61. The molecule has 0 saturated heterocycles. The van der Waals surface area contributed by atoms with Crippen LogP contribution in [0.5, 0.6) is 0 Å². The van der Waals surface area contributed by atoms with E-state index in [-0.39, 0.29) is 5.97 Å². The Labute approximate surface area is 104 Å². The Kier molecular flexibility index (Phi) is 4.60. The Morgan fingerprint density at radius 2 is 1.82 bits per heavy atom. The van der Waals surface area contributed by atoms with E-state index in [9.17, 15) is 4.79 Å². The molecule has 0 spiro atoms. The van der Waals surface area contributed by atoms with Gasteiger partial charge in [0.05, 0.1) is 6.61 Å². The first-order valence-electron chi connectivity index (χ1n) is 6.83. The molecule has 0 aromatic heterocycles. The smallest absolute Gasteiger partial charge is 0.330 e. The van der Waals surface area contributed by atoms with E-state index in [4.69, 9.17) is 4.74 Å². The maximum atomic E-state index is 11.2. The average molecular weight is 237 g/mol. The van der Waals surface area contributed by atoms with Crippen LogP contribution >= 0.6 is 0 Å². The second kappa shape index (κ2) is 6.20. The van der Waals surface area contributed by atoms with Gasteiger partial charge in [-0.05, 0) is 44.4 Å². The van der Waals surface area contributed by atoms with E-state index in [0.717, 1.165) is 18.4 Å². The van der Waals surface area contributed by atoms with E-state index in [2.05, 4.69) is 4.90 Å². The molecule has 2 saturated carbocycles. The van der Waals surface area contributed by atoms with Gasteiger partial charge in [-0.3, -0.25) is 4.90 Å². The van der Waals surface area contributed by atoms with Gasteiger partial charge in [-0.25, -0.2) is 4.79 Å². The molecule has 2 aliphatic rings. The van der Waals surface area contributed by atoms with Gasteiger partial charge in [-0.2, -0.15) is 0 Å². The molecule has 2 aliphatic carbocycles. The molecule has 3 nitrogen and oxygen atoms in total. The first-order chi connectivity index (χ1) is 8.28. The summed E-state index contributed by atoms with van der Waals surface area (Å²) >= 11 is 0. The van der Waals surface area contributed by atoms with E-state index in [1.54, 1.807) is 6.08 Å². The Hall–Kier alpha value is -0.830. The molecule has 3 heteroatoms. The SMILES string of the molecule is CCOC(=O)/C=C/CN(CC1CC1)CC1CC1. The summed E-state index contributed by atoms with van der Waals surface area (Å²) in [5.41, 5.74) is 0. The summed E-state index contributed by atoms with van der Waals surface area (Å²) in [5, 5.41) is 0. The molecule has 0 aromatic carbocycles. The lowest BCUT2D eigenvalue weighted by molar-refractivity contribution is -0.137. The third-order valence-corrected chi connectivity index (χ3v) is 3.33. The number of esters is 1. The Morgan fingerprint density at radius 1 is 1.24 bits per heavy atom. The molecular formula is C14H23NO2. The summed E-state index contributed by atoms with van der Waals surface area (Å²) in [6.07, 6.45) is 9.08. The van der Waals surface area contributed by atoms with Crippen LogP contribution in [0.3, 0.4) is 0 Å². The molecule has 0 bridgehead atoms. The van der Waals surface area contributed by atoms with E-state index in [1.807, 2.05) is 13.0 Å². The first kappa shape index (κ1) is 12.6. The standard InChI is InChI=1S/C14H23NO2/c1-2-17-14(16)4-3-9-15(10-12-5-6-12)11-13-7-8-13/h3-4,12-13H,2,5-11H2,1H3/b4-3+. The normalized spacial score (nSPS) is 20.1. The molecule has 0 aromatic rings. The molecular weight excluding hydrogens is 214 g/mol. The van der Waals surface area contributed by atoms with Crippen molar-refractivity contribution in [2.75, 3.05) is 26.2 Å². The highest BCUT2D eigenvalue weighted by molar-refractivity contribution is 5.81. The molecule has 0 amide bonds. The van der Waals surface area contributed by atoms with Gasteiger partial charge in [0.25, 0.3) is 0 Å². The summed E-state index contributed by atoms with van der Waals surface area (Å²) in [5.74, 6) is 1.62. The third-order valence-electron chi connectivity index (χ3n) is 3.33. The molecule has 96 valence electrons. The second-order valence-electron chi connectivity index (χ2n) is 5.26. The molecule has 0 radical (unpaired) electrons. The van der Waals surface area contributed by atoms with Crippen molar-refractivity contribution >= 4 is 5.97 Å². The maximum Gasteiger partial charge on any atom is 0.330 e. The van der Waals surface area contributed by atoms with Crippen molar-refractivity contribution in [2.24, 2.45) is 11.8 Å². The Bertz CT molecular complexity index is 266. The van der Waals surface area contributed by atoms with Gasteiger partial charge >= 0.3 is 5.97 Å². The molecule has 17 heavy (non-hydrogen) atoms. The van der Waals surface area contributed by atoms with Crippen LogP contribution in [0.4, 0.5) is 0 Å². The molecule has 0 aliphatic heterocycles. The van der Waals surface area contributed by atoms with Gasteiger partial charge in [-0.15, -0.1) is 0 Å². The van der Waals surface area contributed by atoms with Crippen molar-refractivity contribution in [3.05, 3.63) is 12.2 Å². The topological polar surface area (TPSA) is 29.5 Å². The number of rotatable bonds is 8. The van der Waals surface area contributed by atoms with Crippen LogP contribution in [0.2, 0.25) is 0 Å². The Morgan fingerprint density at radius 3 is 2.29 bits per heavy atom. The summed E-state index contributed by atoms with van der Waals surface area (Å²) in [6, 6.07) is 0. The summed E-state index contributed by atoms with van der Waals surface area (Å²) in [7, 11) is 0. The fourth-order valence-electron chi connectivity index (χ4n) is 2.04. The van der Waals surface area contributed by atoms with Crippen LogP contribution in [0.15, 0.2) is 12.2 Å². The fraction of sp³-hybridized carbons (Fsp3) is 0.786. The van der Waals surface area contributed by atoms with Gasteiger partial charge in [0.2, 0.25) is 0 Å². The van der Waals surface area contributed by atoms with Crippen LogP contribution in [0, 0.1) is 11.8 Å². The minimum atomic E-state index is -0.217. The number of hydrogen-bond acceptors (Lipinski definition) is 3. The first-order valence-corrected chi connectivity index (χ1v) is 6.83. The average Bonchev–Trinajstić information content (AvgIpc) is 3.13. The van der Waals surface area contributed by atoms with Crippen molar-refractivity contribution in [2.45, 2.75) is 32.6 Å². The van der Waals surface area contributed by atoms with Crippen molar-refractivity contribution in [1.82, 2.24) is 4.90 Å².